The highest BCUT2D eigenvalue weighted by Gasteiger charge is 2.28. The summed E-state index contributed by atoms with van der Waals surface area (Å²) in [5.74, 6) is 0.782. The Morgan fingerprint density at radius 3 is 2.41 bits per heavy atom. The second-order valence-electron chi connectivity index (χ2n) is 5.20. The van der Waals surface area contributed by atoms with E-state index in [-0.39, 0.29) is 18.4 Å². The molecule has 4 nitrogen and oxygen atoms in total. The van der Waals surface area contributed by atoms with Gasteiger partial charge in [0.15, 0.2) is 0 Å². The predicted molar refractivity (Wildman–Crippen MR) is 71.7 cm³/mol. The van der Waals surface area contributed by atoms with E-state index in [2.05, 4.69) is 19.2 Å². The van der Waals surface area contributed by atoms with Crippen molar-refractivity contribution in [1.29, 1.82) is 0 Å². The normalized spacial score (nSPS) is 26.6. The topological polar surface area (TPSA) is 35.6 Å². The van der Waals surface area contributed by atoms with Gasteiger partial charge in [0, 0.05) is 38.8 Å². The van der Waals surface area contributed by atoms with Crippen LogP contribution >= 0.6 is 12.4 Å². The van der Waals surface area contributed by atoms with Crippen LogP contribution in [0.5, 0.6) is 0 Å². The van der Waals surface area contributed by atoms with E-state index in [1.165, 1.54) is 0 Å². The molecule has 0 saturated carbocycles. The number of halogens is 1. The zero-order valence-corrected chi connectivity index (χ0v) is 11.6. The first kappa shape index (κ1) is 14.6. The molecular weight excluding hydrogens is 238 g/mol. The number of nitrogens with one attached hydrogen (secondary N) is 1. The summed E-state index contributed by atoms with van der Waals surface area (Å²) in [4.78, 5) is 16.3. The third-order valence-electron chi connectivity index (χ3n) is 3.80. The zero-order chi connectivity index (χ0) is 11.5. The fourth-order valence-electron chi connectivity index (χ4n) is 2.51. The van der Waals surface area contributed by atoms with E-state index in [0.29, 0.717) is 6.04 Å². The Labute approximate surface area is 110 Å². The molecule has 1 atom stereocenters. The minimum Gasteiger partial charge on any atom is -0.325 e. The van der Waals surface area contributed by atoms with Crippen LogP contribution in [-0.4, -0.2) is 54.6 Å². The summed E-state index contributed by atoms with van der Waals surface area (Å²) in [5, 5.41) is 3.32. The first-order chi connectivity index (χ1) is 7.68. The van der Waals surface area contributed by atoms with E-state index >= 15 is 0 Å². The predicted octanol–water partition coefficient (Wildman–Crippen LogP) is 1.55. The lowest BCUT2D eigenvalue weighted by Gasteiger charge is -2.39. The maximum absolute atomic E-state index is 12.3. The van der Waals surface area contributed by atoms with Crippen LogP contribution in [0.15, 0.2) is 0 Å². The van der Waals surface area contributed by atoms with Gasteiger partial charge in [0.25, 0.3) is 0 Å². The Balaban J connectivity index is 0.00000144. The number of likely N-dealkylation sites (tertiary alicyclic amines) is 1. The number of carbonyl (C=O) groups is 1. The molecular formula is C12H24ClN3O. The standard InChI is InChI=1S/C12H23N3O.ClH/c1-10-3-6-14(7-4-10)12(16)15-8-5-13-9-11(15)2;/h10-11,13H,3-9H2,1-2H3;1H. The van der Waals surface area contributed by atoms with Gasteiger partial charge in [0.2, 0.25) is 0 Å². The fourth-order valence-corrected chi connectivity index (χ4v) is 2.51. The van der Waals surface area contributed by atoms with Crippen LogP contribution in [0.4, 0.5) is 4.79 Å². The maximum Gasteiger partial charge on any atom is 0.320 e. The summed E-state index contributed by atoms with van der Waals surface area (Å²) < 4.78 is 0. The monoisotopic (exact) mass is 261 g/mol. The van der Waals surface area contributed by atoms with E-state index in [9.17, 15) is 4.79 Å². The Hall–Kier alpha value is -0.480. The molecule has 2 amide bonds. The van der Waals surface area contributed by atoms with Crippen LogP contribution in [0.2, 0.25) is 0 Å². The first-order valence-electron chi connectivity index (χ1n) is 6.44. The number of carbonyl (C=O) groups excluding carboxylic acids is 1. The minimum atomic E-state index is 0. The van der Waals surface area contributed by atoms with Crippen molar-refractivity contribution in [2.24, 2.45) is 5.92 Å². The number of piperazine rings is 1. The van der Waals surface area contributed by atoms with Crippen molar-refractivity contribution >= 4 is 18.4 Å². The van der Waals surface area contributed by atoms with E-state index in [1.807, 2.05) is 9.80 Å². The lowest BCUT2D eigenvalue weighted by molar-refractivity contribution is 0.112. The third kappa shape index (κ3) is 3.49. The number of nitrogens with zero attached hydrogens (tertiary/aromatic N) is 2. The van der Waals surface area contributed by atoms with E-state index in [1.54, 1.807) is 0 Å². The van der Waals surface area contributed by atoms with Crippen LogP contribution in [0.1, 0.15) is 26.7 Å². The molecule has 2 fully saturated rings. The lowest BCUT2D eigenvalue weighted by Crippen LogP contribution is -2.57. The molecule has 17 heavy (non-hydrogen) atoms. The van der Waals surface area contributed by atoms with Crippen molar-refractivity contribution in [2.45, 2.75) is 32.7 Å². The second-order valence-corrected chi connectivity index (χ2v) is 5.20. The van der Waals surface area contributed by atoms with Gasteiger partial charge in [-0.1, -0.05) is 6.92 Å². The highest BCUT2D eigenvalue weighted by atomic mass is 35.5. The Morgan fingerprint density at radius 1 is 1.18 bits per heavy atom. The van der Waals surface area contributed by atoms with Gasteiger partial charge >= 0.3 is 6.03 Å². The second kappa shape index (κ2) is 6.45. The highest BCUT2D eigenvalue weighted by Crippen LogP contribution is 2.18. The van der Waals surface area contributed by atoms with Crippen molar-refractivity contribution in [3.63, 3.8) is 0 Å². The molecule has 2 aliphatic rings. The summed E-state index contributed by atoms with van der Waals surface area (Å²) >= 11 is 0. The Kier molecular flexibility index (Phi) is 5.53. The number of hydrogen-bond acceptors (Lipinski definition) is 2. The highest BCUT2D eigenvalue weighted by molar-refractivity contribution is 5.85. The minimum absolute atomic E-state index is 0. The number of piperidine rings is 1. The summed E-state index contributed by atoms with van der Waals surface area (Å²) in [6, 6.07) is 0.585. The van der Waals surface area contributed by atoms with Crippen molar-refractivity contribution in [3.05, 3.63) is 0 Å². The van der Waals surface area contributed by atoms with E-state index < -0.39 is 0 Å². The SMILES string of the molecule is CC1CCN(C(=O)N2CCNCC2C)CC1.Cl. The molecule has 0 bridgehead atoms. The van der Waals surface area contributed by atoms with Crippen molar-refractivity contribution in [3.8, 4) is 0 Å². The number of urea groups is 1. The van der Waals surface area contributed by atoms with Crippen LogP contribution in [0.3, 0.4) is 0 Å². The van der Waals surface area contributed by atoms with Gasteiger partial charge < -0.3 is 15.1 Å². The van der Waals surface area contributed by atoms with Crippen LogP contribution in [-0.2, 0) is 0 Å². The molecule has 2 heterocycles. The number of hydrogen-bond donors (Lipinski definition) is 1. The lowest BCUT2D eigenvalue weighted by atomic mass is 9.99. The number of rotatable bonds is 0. The van der Waals surface area contributed by atoms with E-state index in [0.717, 1.165) is 51.5 Å². The number of amides is 2. The van der Waals surface area contributed by atoms with Crippen LogP contribution in [0.25, 0.3) is 0 Å². The molecule has 2 rings (SSSR count). The third-order valence-corrected chi connectivity index (χ3v) is 3.80. The fraction of sp³-hybridized carbons (Fsp3) is 0.917. The summed E-state index contributed by atoms with van der Waals surface area (Å²) in [7, 11) is 0. The van der Waals surface area contributed by atoms with Gasteiger partial charge in [0.1, 0.15) is 0 Å². The summed E-state index contributed by atoms with van der Waals surface area (Å²) in [6.07, 6.45) is 2.32. The van der Waals surface area contributed by atoms with E-state index in [4.69, 9.17) is 0 Å². The molecule has 0 aliphatic carbocycles. The smallest absolute Gasteiger partial charge is 0.320 e. The van der Waals surface area contributed by atoms with Crippen molar-refractivity contribution < 1.29 is 4.79 Å². The molecule has 0 aromatic carbocycles. The average Bonchev–Trinajstić information content (AvgIpc) is 2.30. The van der Waals surface area contributed by atoms with Gasteiger partial charge in [-0.2, -0.15) is 0 Å². The van der Waals surface area contributed by atoms with Crippen LogP contribution in [0, 0.1) is 5.92 Å². The molecule has 0 aromatic heterocycles. The molecule has 1 N–H and O–H groups in total. The van der Waals surface area contributed by atoms with Crippen molar-refractivity contribution in [1.82, 2.24) is 15.1 Å². The molecule has 100 valence electrons. The molecule has 5 heteroatoms. The molecule has 0 radical (unpaired) electrons. The van der Waals surface area contributed by atoms with Gasteiger partial charge in [-0.05, 0) is 25.7 Å². The maximum atomic E-state index is 12.3. The van der Waals surface area contributed by atoms with Gasteiger partial charge in [-0.15, -0.1) is 12.4 Å². The molecule has 2 aliphatic heterocycles. The average molecular weight is 262 g/mol. The Morgan fingerprint density at radius 2 is 1.82 bits per heavy atom. The van der Waals surface area contributed by atoms with Crippen LogP contribution < -0.4 is 5.32 Å². The molecule has 2 saturated heterocycles. The van der Waals surface area contributed by atoms with Gasteiger partial charge in [-0.3, -0.25) is 0 Å². The molecule has 0 spiro atoms. The molecule has 1 unspecified atom stereocenters. The quantitative estimate of drug-likeness (QED) is 0.718. The summed E-state index contributed by atoms with van der Waals surface area (Å²) in [5.41, 5.74) is 0. The molecule has 0 aromatic rings. The largest absolute Gasteiger partial charge is 0.325 e. The summed E-state index contributed by atoms with van der Waals surface area (Å²) in [6.45, 7) is 8.99. The zero-order valence-electron chi connectivity index (χ0n) is 10.8. The van der Waals surface area contributed by atoms with Gasteiger partial charge in [0.05, 0.1) is 0 Å². The van der Waals surface area contributed by atoms with Gasteiger partial charge in [-0.25, -0.2) is 4.79 Å². The Bertz CT molecular complexity index is 254. The van der Waals surface area contributed by atoms with Crippen molar-refractivity contribution in [2.75, 3.05) is 32.7 Å². The first-order valence-corrected chi connectivity index (χ1v) is 6.44.